The van der Waals surface area contributed by atoms with Gasteiger partial charge in [-0.3, -0.25) is 4.79 Å². The zero-order valence-corrected chi connectivity index (χ0v) is 19.9. The summed E-state index contributed by atoms with van der Waals surface area (Å²) in [6.45, 7) is 3.89. The molecule has 3 aromatic rings. The van der Waals surface area contributed by atoms with Crippen molar-refractivity contribution < 1.29 is 19.4 Å². The molecule has 6 nitrogen and oxygen atoms in total. The largest absolute Gasteiger partial charge is 0.487 e. The summed E-state index contributed by atoms with van der Waals surface area (Å²) in [6.07, 6.45) is 1.36. The first kappa shape index (κ1) is 24.8. The average molecular weight is 495 g/mol. The fraction of sp³-hybridized carbons (Fsp3) is 0.115. The number of carboxylic acid groups (broad SMARTS) is 1. The molecular formula is C26H20Cl2N2O4. The highest BCUT2D eigenvalue weighted by molar-refractivity contribution is 6.36. The monoisotopic (exact) mass is 494 g/mol. The Morgan fingerprint density at radius 3 is 2.47 bits per heavy atom. The smallest absolute Gasteiger partial charge is 0.335 e. The predicted octanol–water partition coefficient (Wildman–Crippen LogP) is 6.43. The van der Waals surface area contributed by atoms with Gasteiger partial charge in [0.1, 0.15) is 24.0 Å². The van der Waals surface area contributed by atoms with Crippen LogP contribution >= 0.6 is 23.2 Å². The SMILES string of the molecule is Cc1cccc(NC(=O)/C(C#N)=C/c2cc(Cl)cc(Cl)c2OCc2ccc(C(=O)O)cc2)c1C. The molecule has 0 aliphatic heterocycles. The van der Waals surface area contributed by atoms with E-state index in [2.05, 4.69) is 5.32 Å². The van der Waals surface area contributed by atoms with Crippen molar-refractivity contribution in [2.45, 2.75) is 20.5 Å². The van der Waals surface area contributed by atoms with Crippen LogP contribution in [0.15, 0.2) is 60.2 Å². The van der Waals surface area contributed by atoms with Crippen molar-refractivity contribution in [3.63, 3.8) is 0 Å². The Morgan fingerprint density at radius 1 is 1.12 bits per heavy atom. The van der Waals surface area contributed by atoms with E-state index in [1.165, 1.54) is 24.3 Å². The first-order chi connectivity index (χ1) is 16.2. The number of rotatable bonds is 7. The van der Waals surface area contributed by atoms with Gasteiger partial charge in [0.2, 0.25) is 0 Å². The van der Waals surface area contributed by atoms with Crippen LogP contribution in [0.2, 0.25) is 10.0 Å². The van der Waals surface area contributed by atoms with Crippen LogP contribution < -0.4 is 10.1 Å². The zero-order valence-electron chi connectivity index (χ0n) is 18.4. The Kier molecular flexibility index (Phi) is 7.95. The topological polar surface area (TPSA) is 99.4 Å². The number of nitrogens with one attached hydrogen (secondary N) is 1. The Morgan fingerprint density at radius 2 is 1.82 bits per heavy atom. The molecule has 0 aliphatic rings. The number of carboxylic acids is 1. The number of anilines is 1. The molecule has 0 saturated heterocycles. The van der Waals surface area contributed by atoms with E-state index in [-0.39, 0.29) is 28.5 Å². The van der Waals surface area contributed by atoms with E-state index in [4.69, 9.17) is 33.0 Å². The van der Waals surface area contributed by atoms with Gasteiger partial charge in [0.25, 0.3) is 5.91 Å². The van der Waals surface area contributed by atoms with E-state index in [1.807, 2.05) is 32.0 Å². The number of halogens is 2. The molecule has 0 fully saturated rings. The van der Waals surface area contributed by atoms with Crippen LogP contribution in [0.5, 0.6) is 5.75 Å². The van der Waals surface area contributed by atoms with Gasteiger partial charge in [-0.2, -0.15) is 5.26 Å². The summed E-state index contributed by atoms with van der Waals surface area (Å²) in [7, 11) is 0. The standard InChI is InChI=1S/C26H20Cl2N2O4/c1-15-4-3-5-23(16(15)2)30-25(31)20(13-29)10-19-11-21(27)12-22(28)24(19)34-14-17-6-8-18(9-7-17)26(32)33/h3-12H,14H2,1-2H3,(H,30,31)(H,32,33)/b20-10+. The number of ether oxygens (including phenoxy) is 1. The van der Waals surface area contributed by atoms with Gasteiger partial charge in [0.05, 0.1) is 10.6 Å². The van der Waals surface area contributed by atoms with Crippen LogP contribution in [0.4, 0.5) is 5.69 Å². The number of carbonyl (C=O) groups is 2. The number of hydrogen-bond acceptors (Lipinski definition) is 4. The van der Waals surface area contributed by atoms with Crippen molar-refractivity contribution in [3.05, 3.63) is 98.0 Å². The Hall–Kier alpha value is -3.79. The molecule has 172 valence electrons. The molecule has 0 spiro atoms. The second-order valence-corrected chi connectivity index (χ2v) is 8.31. The van der Waals surface area contributed by atoms with Crippen LogP contribution in [0.1, 0.15) is 32.6 Å². The summed E-state index contributed by atoms with van der Waals surface area (Å²) in [5.41, 5.74) is 3.58. The van der Waals surface area contributed by atoms with Gasteiger partial charge in [-0.05, 0) is 66.9 Å². The first-order valence-electron chi connectivity index (χ1n) is 10.1. The number of aromatic carboxylic acids is 1. The summed E-state index contributed by atoms with van der Waals surface area (Å²) in [4.78, 5) is 23.8. The molecule has 0 radical (unpaired) electrons. The zero-order chi connectivity index (χ0) is 24.8. The highest BCUT2D eigenvalue weighted by Gasteiger charge is 2.16. The molecule has 34 heavy (non-hydrogen) atoms. The lowest BCUT2D eigenvalue weighted by atomic mass is 10.1. The quantitative estimate of drug-likeness (QED) is 0.291. The molecule has 0 atom stereocenters. The van der Waals surface area contributed by atoms with Gasteiger partial charge in [0, 0.05) is 16.3 Å². The predicted molar refractivity (Wildman–Crippen MR) is 132 cm³/mol. The molecule has 3 aromatic carbocycles. The van der Waals surface area contributed by atoms with Gasteiger partial charge in [-0.1, -0.05) is 47.5 Å². The second-order valence-electron chi connectivity index (χ2n) is 7.47. The Balaban J connectivity index is 1.88. The van der Waals surface area contributed by atoms with Crippen molar-refractivity contribution in [1.82, 2.24) is 0 Å². The number of aryl methyl sites for hydroxylation is 1. The number of nitrogens with zero attached hydrogens (tertiary/aromatic N) is 1. The summed E-state index contributed by atoms with van der Waals surface area (Å²) in [5.74, 6) is -1.37. The summed E-state index contributed by atoms with van der Waals surface area (Å²) in [5, 5.41) is 21.9. The number of carbonyl (C=O) groups excluding carboxylic acids is 1. The maximum atomic E-state index is 12.8. The molecule has 3 rings (SSSR count). The van der Waals surface area contributed by atoms with Crippen molar-refractivity contribution >= 4 is 46.8 Å². The summed E-state index contributed by atoms with van der Waals surface area (Å²) >= 11 is 12.5. The Labute approximate surface area is 207 Å². The van der Waals surface area contributed by atoms with Gasteiger partial charge in [-0.25, -0.2) is 4.79 Å². The molecule has 1 amide bonds. The lowest BCUT2D eigenvalue weighted by Crippen LogP contribution is -2.14. The van der Waals surface area contributed by atoms with Crippen molar-refractivity contribution in [2.75, 3.05) is 5.32 Å². The molecular weight excluding hydrogens is 475 g/mol. The fourth-order valence-corrected chi connectivity index (χ4v) is 3.68. The second kappa shape index (κ2) is 10.9. The minimum absolute atomic E-state index is 0.0820. The minimum Gasteiger partial charge on any atom is -0.487 e. The number of amides is 1. The third-order valence-corrected chi connectivity index (χ3v) is 5.64. The van der Waals surface area contributed by atoms with Crippen LogP contribution in [-0.4, -0.2) is 17.0 Å². The Bertz CT molecular complexity index is 1330. The van der Waals surface area contributed by atoms with E-state index in [9.17, 15) is 14.9 Å². The number of benzene rings is 3. The van der Waals surface area contributed by atoms with E-state index in [0.29, 0.717) is 21.8 Å². The van der Waals surface area contributed by atoms with Gasteiger partial charge in [-0.15, -0.1) is 0 Å². The normalized spacial score (nSPS) is 11.0. The van der Waals surface area contributed by atoms with Crippen molar-refractivity contribution in [3.8, 4) is 11.8 Å². The highest BCUT2D eigenvalue weighted by atomic mass is 35.5. The van der Waals surface area contributed by atoms with Crippen LogP contribution in [0.25, 0.3) is 6.08 Å². The van der Waals surface area contributed by atoms with E-state index >= 15 is 0 Å². The van der Waals surface area contributed by atoms with Crippen LogP contribution in [0, 0.1) is 25.2 Å². The lowest BCUT2D eigenvalue weighted by molar-refractivity contribution is -0.112. The summed E-state index contributed by atoms with van der Waals surface area (Å²) < 4.78 is 5.86. The maximum absolute atomic E-state index is 12.8. The lowest BCUT2D eigenvalue weighted by Gasteiger charge is -2.13. The number of nitriles is 1. The summed E-state index contributed by atoms with van der Waals surface area (Å²) in [6, 6.07) is 16.6. The molecule has 0 aromatic heterocycles. The maximum Gasteiger partial charge on any atom is 0.335 e. The molecule has 2 N–H and O–H groups in total. The van der Waals surface area contributed by atoms with Crippen LogP contribution in [-0.2, 0) is 11.4 Å². The number of hydrogen-bond donors (Lipinski definition) is 2. The molecule has 0 heterocycles. The van der Waals surface area contributed by atoms with Gasteiger partial charge in [0.15, 0.2) is 0 Å². The van der Waals surface area contributed by atoms with E-state index in [0.717, 1.165) is 11.1 Å². The highest BCUT2D eigenvalue weighted by Crippen LogP contribution is 2.34. The molecule has 0 aliphatic carbocycles. The first-order valence-corrected chi connectivity index (χ1v) is 10.9. The average Bonchev–Trinajstić information content (AvgIpc) is 2.80. The third-order valence-electron chi connectivity index (χ3n) is 5.14. The van der Waals surface area contributed by atoms with E-state index < -0.39 is 11.9 Å². The third kappa shape index (κ3) is 5.96. The molecule has 0 saturated carbocycles. The fourth-order valence-electron chi connectivity index (χ4n) is 3.12. The molecule has 0 bridgehead atoms. The van der Waals surface area contributed by atoms with Crippen LogP contribution in [0.3, 0.4) is 0 Å². The molecule has 0 unspecified atom stereocenters. The van der Waals surface area contributed by atoms with Gasteiger partial charge < -0.3 is 15.2 Å². The van der Waals surface area contributed by atoms with Crippen molar-refractivity contribution in [2.24, 2.45) is 0 Å². The molecule has 8 heteroatoms. The van der Waals surface area contributed by atoms with E-state index in [1.54, 1.807) is 24.3 Å². The van der Waals surface area contributed by atoms with Crippen molar-refractivity contribution in [1.29, 1.82) is 5.26 Å². The minimum atomic E-state index is -1.02. The van der Waals surface area contributed by atoms with Gasteiger partial charge >= 0.3 is 5.97 Å².